The molecule has 7 nitrogen and oxygen atoms in total. The number of benzene rings is 2. The SMILES string of the molecule is Cc1ccc(OCc2nc(CC(=O)Nc3ccc4oc(=O)[nH]c4c3)cs2)cc1. The van der Waals surface area contributed by atoms with Crippen molar-refractivity contribution in [3.8, 4) is 5.75 Å². The number of aromatic nitrogens is 2. The molecule has 0 spiro atoms. The third-order valence-corrected chi connectivity index (χ3v) is 4.90. The highest BCUT2D eigenvalue weighted by molar-refractivity contribution is 7.09. The molecule has 0 bridgehead atoms. The Balaban J connectivity index is 1.34. The maximum Gasteiger partial charge on any atom is 0.417 e. The number of aromatic amines is 1. The first kappa shape index (κ1) is 18.0. The molecule has 0 aliphatic carbocycles. The number of amides is 1. The zero-order valence-electron chi connectivity index (χ0n) is 15.0. The number of carbonyl (C=O) groups is 1. The Labute approximate surface area is 164 Å². The maximum absolute atomic E-state index is 12.3. The smallest absolute Gasteiger partial charge is 0.417 e. The Bertz CT molecular complexity index is 1170. The van der Waals surface area contributed by atoms with Crippen LogP contribution >= 0.6 is 11.3 Å². The molecular formula is C20H17N3O4S. The molecule has 0 radical (unpaired) electrons. The molecule has 0 saturated heterocycles. The molecule has 0 atom stereocenters. The van der Waals surface area contributed by atoms with Crippen LogP contribution in [0.15, 0.2) is 57.1 Å². The van der Waals surface area contributed by atoms with Crippen LogP contribution in [0.4, 0.5) is 5.69 Å². The Hall–Kier alpha value is -3.39. The summed E-state index contributed by atoms with van der Waals surface area (Å²) >= 11 is 1.46. The van der Waals surface area contributed by atoms with Gasteiger partial charge in [-0.25, -0.2) is 9.78 Å². The lowest BCUT2D eigenvalue weighted by atomic mass is 10.2. The molecule has 0 saturated carbocycles. The predicted octanol–water partition coefficient (Wildman–Crippen LogP) is 3.65. The summed E-state index contributed by atoms with van der Waals surface area (Å²) in [5.41, 5.74) is 3.41. The summed E-state index contributed by atoms with van der Waals surface area (Å²) in [5.74, 6) is 0.0654. The van der Waals surface area contributed by atoms with Gasteiger partial charge in [-0.3, -0.25) is 9.78 Å². The van der Waals surface area contributed by atoms with E-state index in [0.717, 1.165) is 10.8 Å². The number of thiazole rings is 1. The molecule has 2 N–H and O–H groups in total. The van der Waals surface area contributed by atoms with E-state index in [-0.39, 0.29) is 12.3 Å². The van der Waals surface area contributed by atoms with Gasteiger partial charge in [-0.2, -0.15) is 0 Å². The zero-order valence-corrected chi connectivity index (χ0v) is 15.8. The van der Waals surface area contributed by atoms with Crippen LogP contribution in [0.5, 0.6) is 5.75 Å². The van der Waals surface area contributed by atoms with E-state index >= 15 is 0 Å². The van der Waals surface area contributed by atoms with Gasteiger partial charge in [0.1, 0.15) is 17.4 Å². The number of nitrogens with zero attached hydrogens (tertiary/aromatic N) is 1. The van der Waals surface area contributed by atoms with E-state index in [1.54, 1.807) is 18.2 Å². The van der Waals surface area contributed by atoms with E-state index in [0.29, 0.717) is 29.1 Å². The first-order valence-electron chi connectivity index (χ1n) is 8.61. The van der Waals surface area contributed by atoms with Crippen molar-refractivity contribution in [1.29, 1.82) is 0 Å². The van der Waals surface area contributed by atoms with E-state index in [2.05, 4.69) is 15.3 Å². The standard InChI is InChI=1S/C20H17N3O4S/c1-12-2-5-15(6-3-12)26-10-19-22-14(11-28-19)9-18(24)21-13-4-7-17-16(8-13)23-20(25)27-17/h2-8,11H,9-10H2,1H3,(H,21,24)(H,23,25). The van der Waals surface area contributed by atoms with Crippen molar-refractivity contribution < 1.29 is 13.9 Å². The van der Waals surface area contributed by atoms with Crippen LogP contribution in [-0.2, 0) is 17.8 Å². The summed E-state index contributed by atoms with van der Waals surface area (Å²) in [6, 6.07) is 12.8. The lowest BCUT2D eigenvalue weighted by molar-refractivity contribution is -0.115. The van der Waals surface area contributed by atoms with Gasteiger partial charge >= 0.3 is 5.76 Å². The van der Waals surface area contributed by atoms with Crippen molar-refractivity contribution in [2.45, 2.75) is 20.0 Å². The van der Waals surface area contributed by atoms with Crippen LogP contribution in [0.1, 0.15) is 16.3 Å². The minimum atomic E-state index is -0.527. The Kier molecular flexibility index (Phi) is 4.94. The number of carbonyl (C=O) groups excluding carboxylic acids is 1. The summed E-state index contributed by atoms with van der Waals surface area (Å²) in [6.07, 6.45) is 0.154. The number of oxazole rings is 1. The molecule has 8 heteroatoms. The highest BCUT2D eigenvalue weighted by Crippen LogP contribution is 2.18. The third kappa shape index (κ3) is 4.29. The highest BCUT2D eigenvalue weighted by atomic mass is 32.1. The van der Waals surface area contributed by atoms with Gasteiger partial charge in [0.2, 0.25) is 5.91 Å². The summed E-state index contributed by atoms with van der Waals surface area (Å²) in [6.45, 7) is 2.38. The minimum Gasteiger partial charge on any atom is -0.486 e. The predicted molar refractivity (Wildman–Crippen MR) is 107 cm³/mol. The van der Waals surface area contributed by atoms with E-state index in [1.807, 2.05) is 36.6 Å². The summed E-state index contributed by atoms with van der Waals surface area (Å²) in [7, 11) is 0. The van der Waals surface area contributed by atoms with E-state index in [1.165, 1.54) is 16.9 Å². The summed E-state index contributed by atoms with van der Waals surface area (Å²) in [4.78, 5) is 30.5. The number of nitrogens with one attached hydrogen (secondary N) is 2. The number of anilines is 1. The van der Waals surface area contributed by atoms with Crippen LogP contribution in [0.25, 0.3) is 11.1 Å². The molecule has 28 heavy (non-hydrogen) atoms. The quantitative estimate of drug-likeness (QED) is 0.519. The molecular weight excluding hydrogens is 378 g/mol. The number of fused-ring (bicyclic) bond motifs is 1. The summed E-state index contributed by atoms with van der Waals surface area (Å²) in [5, 5.41) is 5.45. The van der Waals surface area contributed by atoms with Crippen LogP contribution in [0, 0.1) is 6.92 Å². The van der Waals surface area contributed by atoms with Crippen LogP contribution < -0.4 is 15.8 Å². The second kappa shape index (κ2) is 7.69. The molecule has 2 aromatic heterocycles. The molecule has 0 aliphatic rings. The molecule has 4 aromatic rings. The molecule has 0 fully saturated rings. The maximum atomic E-state index is 12.3. The zero-order chi connectivity index (χ0) is 19.5. The minimum absolute atomic E-state index is 0.154. The topological polar surface area (TPSA) is 97.2 Å². The van der Waals surface area contributed by atoms with Crippen molar-refractivity contribution in [3.05, 3.63) is 74.7 Å². The highest BCUT2D eigenvalue weighted by Gasteiger charge is 2.10. The first-order valence-corrected chi connectivity index (χ1v) is 9.48. The number of hydrogen-bond acceptors (Lipinski definition) is 6. The number of ether oxygens (including phenoxy) is 1. The molecule has 0 unspecified atom stereocenters. The van der Waals surface area contributed by atoms with Gasteiger partial charge in [-0.15, -0.1) is 11.3 Å². The fourth-order valence-corrected chi connectivity index (χ4v) is 3.38. The number of rotatable bonds is 6. The second-order valence-corrected chi connectivity index (χ2v) is 7.23. The number of hydrogen-bond donors (Lipinski definition) is 2. The van der Waals surface area contributed by atoms with E-state index < -0.39 is 5.76 Å². The molecule has 4 rings (SSSR count). The van der Waals surface area contributed by atoms with Gasteiger partial charge in [0.15, 0.2) is 5.58 Å². The van der Waals surface area contributed by atoms with Gasteiger partial charge < -0.3 is 14.5 Å². The average Bonchev–Trinajstić information content (AvgIpc) is 3.26. The largest absolute Gasteiger partial charge is 0.486 e. The van der Waals surface area contributed by atoms with Gasteiger partial charge in [0, 0.05) is 11.1 Å². The molecule has 2 aromatic carbocycles. The molecule has 0 aliphatic heterocycles. The monoisotopic (exact) mass is 395 g/mol. The van der Waals surface area contributed by atoms with Gasteiger partial charge in [0.25, 0.3) is 0 Å². The van der Waals surface area contributed by atoms with Gasteiger partial charge in [0.05, 0.1) is 17.6 Å². The van der Waals surface area contributed by atoms with Crippen molar-refractivity contribution in [2.75, 3.05) is 5.32 Å². The van der Waals surface area contributed by atoms with Crippen molar-refractivity contribution in [1.82, 2.24) is 9.97 Å². The molecule has 142 valence electrons. The fraction of sp³-hybridized carbons (Fsp3) is 0.150. The number of H-pyrrole nitrogens is 1. The van der Waals surface area contributed by atoms with Crippen molar-refractivity contribution in [2.24, 2.45) is 0 Å². The fourth-order valence-electron chi connectivity index (χ4n) is 2.68. The molecule has 2 heterocycles. The normalized spacial score (nSPS) is 10.9. The van der Waals surface area contributed by atoms with Crippen molar-refractivity contribution >= 4 is 34.0 Å². The van der Waals surface area contributed by atoms with Gasteiger partial charge in [-0.1, -0.05) is 17.7 Å². The Morgan fingerprint density at radius 3 is 2.89 bits per heavy atom. The lowest BCUT2D eigenvalue weighted by Crippen LogP contribution is -2.14. The van der Waals surface area contributed by atoms with Crippen LogP contribution in [0.3, 0.4) is 0 Å². The van der Waals surface area contributed by atoms with E-state index in [4.69, 9.17) is 9.15 Å². The van der Waals surface area contributed by atoms with Gasteiger partial charge in [-0.05, 0) is 37.3 Å². The van der Waals surface area contributed by atoms with Crippen LogP contribution in [0.2, 0.25) is 0 Å². The van der Waals surface area contributed by atoms with E-state index in [9.17, 15) is 9.59 Å². The molecule has 1 amide bonds. The Morgan fingerprint density at radius 1 is 1.25 bits per heavy atom. The summed E-state index contributed by atoms with van der Waals surface area (Å²) < 4.78 is 10.7. The van der Waals surface area contributed by atoms with Crippen LogP contribution in [-0.4, -0.2) is 15.9 Å². The first-order chi connectivity index (χ1) is 13.5. The van der Waals surface area contributed by atoms with Crippen molar-refractivity contribution in [3.63, 3.8) is 0 Å². The lowest BCUT2D eigenvalue weighted by Gasteiger charge is -2.04. The average molecular weight is 395 g/mol. The third-order valence-electron chi connectivity index (χ3n) is 4.03. The Morgan fingerprint density at radius 2 is 2.07 bits per heavy atom. The second-order valence-electron chi connectivity index (χ2n) is 6.28. The number of aryl methyl sites for hydroxylation is 1.